The van der Waals surface area contributed by atoms with Crippen molar-refractivity contribution in [2.24, 2.45) is 0 Å². The summed E-state index contributed by atoms with van der Waals surface area (Å²) in [5.41, 5.74) is 4.32. The molecule has 0 aliphatic carbocycles. The second kappa shape index (κ2) is 6.75. The van der Waals surface area contributed by atoms with Crippen molar-refractivity contribution in [3.63, 3.8) is 0 Å². The summed E-state index contributed by atoms with van der Waals surface area (Å²) in [6, 6.07) is 16.2. The second-order valence-corrected chi connectivity index (χ2v) is 6.81. The molecule has 26 heavy (non-hydrogen) atoms. The first-order valence-electron chi connectivity index (χ1n) is 8.91. The highest BCUT2D eigenvalue weighted by molar-refractivity contribution is 5.96. The van der Waals surface area contributed by atoms with Gasteiger partial charge >= 0.3 is 0 Å². The summed E-state index contributed by atoms with van der Waals surface area (Å²) in [7, 11) is 0. The van der Waals surface area contributed by atoms with Crippen LogP contribution in [-0.4, -0.2) is 22.1 Å². The molecule has 5 nitrogen and oxygen atoms in total. The van der Waals surface area contributed by atoms with E-state index in [-0.39, 0.29) is 11.9 Å². The molecule has 2 aromatic carbocycles. The summed E-state index contributed by atoms with van der Waals surface area (Å²) in [6.07, 6.45) is 1.71. The molecule has 1 amide bonds. The molecule has 1 atom stereocenters. The molecule has 0 spiro atoms. The lowest BCUT2D eigenvalue weighted by atomic mass is 10.1. The van der Waals surface area contributed by atoms with E-state index in [9.17, 15) is 4.79 Å². The Kier molecular flexibility index (Phi) is 4.29. The standard InChI is InChI=1S/C21H21N3O2/c1-14-7-9-16(10-8-14)21-23-22-19(26-21)11-12-20(25)24-15(2)13-17-5-3-4-6-18(17)24/h3-10,15H,11-13H2,1-2H3. The van der Waals surface area contributed by atoms with Crippen LogP contribution in [0.4, 0.5) is 5.69 Å². The van der Waals surface area contributed by atoms with E-state index in [1.807, 2.05) is 54.3 Å². The normalized spacial score (nSPS) is 15.9. The molecular formula is C21H21N3O2. The molecule has 3 aromatic rings. The SMILES string of the molecule is Cc1ccc(-c2nnc(CCC(=O)N3c4ccccc4CC3C)o2)cc1. The van der Waals surface area contributed by atoms with Crippen LogP contribution in [0.15, 0.2) is 52.9 Å². The minimum atomic E-state index is 0.0949. The van der Waals surface area contributed by atoms with Gasteiger partial charge in [-0.2, -0.15) is 0 Å². The molecule has 1 aliphatic heterocycles. The predicted octanol–water partition coefficient (Wildman–Crippen LogP) is 3.96. The summed E-state index contributed by atoms with van der Waals surface area (Å²) in [5, 5.41) is 8.19. The number of rotatable bonds is 4. The fourth-order valence-corrected chi connectivity index (χ4v) is 3.45. The van der Waals surface area contributed by atoms with Crippen LogP contribution in [0.2, 0.25) is 0 Å². The van der Waals surface area contributed by atoms with Gasteiger partial charge in [-0.3, -0.25) is 4.79 Å². The van der Waals surface area contributed by atoms with Gasteiger partial charge in [-0.1, -0.05) is 35.9 Å². The highest BCUT2D eigenvalue weighted by atomic mass is 16.4. The summed E-state index contributed by atoms with van der Waals surface area (Å²) in [5.74, 6) is 1.08. The van der Waals surface area contributed by atoms with Crippen LogP contribution < -0.4 is 4.90 Å². The Balaban J connectivity index is 1.43. The molecular weight excluding hydrogens is 326 g/mol. The molecule has 4 rings (SSSR count). The number of aryl methyl sites for hydroxylation is 2. The predicted molar refractivity (Wildman–Crippen MR) is 99.9 cm³/mol. The number of amides is 1. The number of hydrogen-bond donors (Lipinski definition) is 0. The monoisotopic (exact) mass is 347 g/mol. The maximum Gasteiger partial charge on any atom is 0.247 e. The average molecular weight is 347 g/mol. The summed E-state index contributed by atoms with van der Waals surface area (Å²) in [4.78, 5) is 14.6. The van der Waals surface area contributed by atoms with Gasteiger partial charge in [0, 0.05) is 30.1 Å². The van der Waals surface area contributed by atoms with Crippen molar-refractivity contribution in [1.82, 2.24) is 10.2 Å². The maximum atomic E-state index is 12.7. The number of nitrogens with zero attached hydrogens (tertiary/aromatic N) is 3. The van der Waals surface area contributed by atoms with Crippen molar-refractivity contribution < 1.29 is 9.21 Å². The van der Waals surface area contributed by atoms with E-state index in [0.717, 1.165) is 17.7 Å². The lowest BCUT2D eigenvalue weighted by molar-refractivity contribution is -0.118. The first-order valence-corrected chi connectivity index (χ1v) is 8.91. The van der Waals surface area contributed by atoms with Gasteiger partial charge in [-0.15, -0.1) is 10.2 Å². The molecule has 2 heterocycles. The van der Waals surface area contributed by atoms with Crippen LogP contribution in [0.1, 0.15) is 30.4 Å². The Labute approximate surface area is 152 Å². The lowest BCUT2D eigenvalue weighted by Crippen LogP contribution is -2.35. The van der Waals surface area contributed by atoms with E-state index in [2.05, 4.69) is 23.2 Å². The van der Waals surface area contributed by atoms with Crippen LogP contribution in [0.5, 0.6) is 0 Å². The Hall–Kier alpha value is -2.95. The Morgan fingerprint density at radius 2 is 1.92 bits per heavy atom. The van der Waals surface area contributed by atoms with Gasteiger partial charge in [0.2, 0.25) is 17.7 Å². The first kappa shape index (κ1) is 16.5. The van der Waals surface area contributed by atoms with Gasteiger partial charge in [-0.05, 0) is 44.0 Å². The minimum absolute atomic E-state index is 0.0949. The smallest absolute Gasteiger partial charge is 0.247 e. The fraction of sp³-hybridized carbons (Fsp3) is 0.286. The van der Waals surface area contributed by atoms with Crippen molar-refractivity contribution in [1.29, 1.82) is 0 Å². The molecule has 1 aliphatic rings. The number of anilines is 1. The molecule has 1 unspecified atom stereocenters. The Bertz CT molecular complexity index is 930. The zero-order valence-electron chi connectivity index (χ0n) is 15.0. The third-order valence-corrected chi connectivity index (χ3v) is 4.79. The summed E-state index contributed by atoms with van der Waals surface area (Å²) in [6.45, 7) is 4.12. The van der Waals surface area contributed by atoms with Crippen molar-refractivity contribution in [2.75, 3.05) is 4.90 Å². The first-order chi connectivity index (χ1) is 12.6. The Morgan fingerprint density at radius 3 is 2.73 bits per heavy atom. The van der Waals surface area contributed by atoms with Crippen LogP contribution >= 0.6 is 0 Å². The number of carbonyl (C=O) groups is 1. The molecule has 0 N–H and O–H groups in total. The van der Waals surface area contributed by atoms with Crippen molar-refractivity contribution in [3.05, 3.63) is 65.5 Å². The molecule has 0 fully saturated rings. The summed E-state index contributed by atoms with van der Waals surface area (Å²) < 4.78 is 5.73. The van der Waals surface area contributed by atoms with E-state index in [1.165, 1.54) is 11.1 Å². The van der Waals surface area contributed by atoms with Gasteiger partial charge in [0.25, 0.3) is 0 Å². The third kappa shape index (κ3) is 3.12. The van der Waals surface area contributed by atoms with Crippen molar-refractivity contribution >= 4 is 11.6 Å². The van der Waals surface area contributed by atoms with E-state index < -0.39 is 0 Å². The van der Waals surface area contributed by atoms with E-state index in [1.54, 1.807) is 0 Å². The minimum Gasteiger partial charge on any atom is -0.421 e. The number of fused-ring (bicyclic) bond motifs is 1. The molecule has 132 valence electrons. The third-order valence-electron chi connectivity index (χ3n) is 4.79. The average Bonchev–Trinajstić information content (AvgIpc) is 3.24. The highest BCUT2D eigenvalue weighted by Crippen LogP contribution is 2.32. The van der Waals surface area contributed by atoms with Crippen LogP contribution in [-0.2, 0) is 17.6 Å². The Morgan fingerprint density at radius 1 is 1.15 bits per heavy atom. The van der Waals surface area contributed by atoms with Gasteiger partial charge in [0.05, 0.1) is 0 Å². The van der Waals surface area contributed by atoms with Crippen molar-refractivity contribution in [2.45, 2.75) is 39.2 Å². The van der Waals surface area contributed by atoms with E-state index in [4.69, 9.17) is 4.42 Å². The maximum absolute atomic E-state index is 12.7. The number of benzene rings is 2. The van der Waals surface area contributed by atoms with Crippen molar-refractivity contribution in [3.8, 4) is 11.5 Å². The van der Waals surface area contributed by atoms with Gasteiger partial charge < -0.3 is 9.32 Å². The molecule has 0 saturated heterocycles. The number of hydrogen-bond acceptors (Lipinski definition) is 4. The number of aromatic nitrogens is 2. The zero-order valence-corrected chi connectivity index (χ0v) is 15.0. The quantitative estimate of drug-likeness (QED) is 0.717. The van der Waals surface area contributed by atoms with E-state index >= 15 is 0 Å². The molecule has 0 saturated carbocycles. The molecule has 0 radical (unpaired) electrons. The van der Waals surface area contributed by atoms with Crippen LogP contribution in [0, 0.1) is 6.92 Å². The largest absolute Gasteiger partial charge is 0.421 e. The zero-order chi connectivity index (χ0) is 18.1. The number of carbonyl (C=O) groups excluding carboxylic acids is 1. The number of para-hydroxylation sites is 1. The highest BCUT2D eigenvalue weighted by Gasteiger charge is 2.30. The van der Waals surface area contributed by atoms with Gasteiger partial charge in [0.1, 0.15) is 0 Å². The lowest BCUT2D eigenvalue weighted by Gasteiger charge is -2.22. The molecule has 0 bridgehead atoms. The van der Waals surface area contributed by atoms with E-state index in [0.29, 0.717) is 24.6 Å². The molecule has 5 heteroatoms. The molecule has 1 aromatic heterocycles. The van der Waals surface area contributed by atoms with Crippen LogP contribution in [0.3, 0.4) is 0 Å². The topological polar surface area (TPSA) is 59.2 Å². The fourth-order valence-electron chi connectivity index (χ4n) is 3.45. The van der Waals surface area contributed by atoms with Gasteiger partial charge in [-0.25, -0.2) is 0 Å². The van der Waals surface area contributed by atoms with Crippen LogP contribution in [0.25, 0.3) is 11.5 Å². The second-order valence-electron chi connectivity index (χ2n) is 6.81. The van der Waals surface area contributed by atoms with Gasteiger partial charge in [0.15, 0.2) is 0 Å². The summed E-state index contributed by atoms with van der Waals surface area (Å²) >= 11 is 0.